The van der Waals surface area contributed by atoms with Crippen LogP contribution in [0.4, 0.5) is 0 Å². The van der Waals surface area contributed by atoms with Crippen LogP contribution in [0.3, 0.4) is 0 Å². The van der Waals surface area contributed by atoms with Crippen molar-refractivity contribution >= 4 is 23.5 Å². The Balaban J connectivity index is 1.49. The van der Waals surface area contributed by atoms with Gasteiger partial charge < -0.3 is 35.3 Å². The molecular weight excluding hydrogens is 556 g/mol. The number of aliphatic hydroxyl groups is 1. The summed E-state index contributed by atoms with van der Waals surface area (Å²) < 4.78 is 15.9. The maximum absolute atomic E-state index is 13.8. The quantitative estimate of drug-likeness (QED) is 0.179. The highest BCUT2D eigenvalue weighted by atomic mass is 16.6. The van der Waals surface area contributed by atoms with Gasteiger partial charge in [-0.05, 0) is 63.6 Å². The molecular formula is C31H44N4O8. The average Bonchev–Trinajstić information content (AvgIpc) is 3.77. The number of benzene rings is 1. The van der Waals surface area contributed by atoms with Crippen LogP contribution in [0, 0.1) is 0 Å². The predicted octanol–water partition coefficient (Wildman–Crippen LogP) is 0.784. The van der Waals surface area contributed by atoms with Gasteiger partial charge in [0.1, 0.15) is 29.5 Å². The summed E-state index contributed by atoms with van der Waals surface area (Å²) in [4.78, 5) is 55.0. The maximum atomic E-state index is 13.8. The lowest BCUT2D eigenvalue weighted by Gasteiger charge is -2.29. The Morgan fingerprint density at radius 3 is 2.35 bits per heavy atom. The summed E-state index contributed by atoms with van der Waals surface area (Å²) in [6.07, 6.45) is 4.84. The number of Topliss-reactive ketones (excluding diaryl/α,β-unsaturated/α-hetero) is 1. The van der Waals surface area contributed by atoms with Crippen LogP contribution in [0.1, 0.15) is 57.6 Å². The average molecular weight is 601 g/mol. The molecule has 12 heteroatoms. The highest BCUT2D eigenvalue weighted by molar-refractivity contribution is 5.98. The van der Waals surface area contributed by atoms with Crippen LogP contribution in [0.5, 0.6) is 5.75 Å². The van der Waals surface area contributed by atoms with E-state index in [2.05, 4.69) is 22.0 Å². The number of ether oxygens (including phenoxy) is 3. The minimum atomic E-state index is -1.46. The molecule has 3 amide bonds. The zero-order valence-corrected chi connectivity index (χ0v) is 25.2. The molecule has 0 bridgehead atoms. The Labute approximate surface area is 252 Å². The molecule has 2 fully saturated rings. The van der Waals surface area contributed by atoms with Crippen LogP contribution in [-0.4, -0.2) is 104 Å². The van der Waals surface area contributed by atoms with Crippen LogP contribution in [0.15, 0.2) is 35.9 Å². The highest BCUT2D eigenvalue weighted by Crippen LogP contribution is 2.31. The van der Waals surface area contributed by atoms with Crippen molar-refractivity contribution in [2.45, 2.75) is 75.8 Å². The number of rotatable bonds is 14. The van der Waals surface area contributed by atoms with Gasteiger partial charge in [-0.3, -0.25) is 24.1 Å². The van der Waals surface area contributed by atoms with Crippen molar-refractivity contribution in [3.63, 3.8) is 0 Å². The number of allylic oxidation sites excluding steroid dienone is 1. The molecule has 1 aromatic rings. The summed E-state index contributed by atoms with van der Waals surface area (Å²) in [6.45, 7) is 5.89. The number of ketones is 1. The zero-order valence-electron chi connectivity index (χ0n) is 25.2. The molecule has 2 saturated heterocycles. The number of hydrogen-bond acceptors (Lipinski definition) is 9. The second kappa shape index (κ2) is 14.9. The number of carbonyl (C=O) groups excluding carboxylic acids is 4. The topological polar surface area (TPSA) is 159 Å². The van der Waals surface area contributed by atoms with Gasteiger partial charge in [-0.25, -0.2) is 0 Å². The van der Waals surface area contributed by atoms with E-state index in [1.54, 1.807) is 31.2 Å². The van der Waals surface area contributed by atoms with Gasteiger partial charge in [-0.15, -0.1) is 0 Å². The van der Waals surface area contributed by atoms with Gasteiger partial charge in [0.25, 0.3) is 0 Å². The first-order valence-electron chi connectivity index (χ1n) is 15.0. The Kier molecular flexibility index (Phi) is 11.3. The number of hydrogen-bond donors (Lipinski definition) is 4. The van der Waals surface area contributed by atoms with Crippen LogP contribution >= 0.6 is 0 Å². The van der Waals surface area contributed by atoms with Crippen molar-refractivity contribution < 1.29 is 38.5 Å². The lowest BCUT2D eigenvalue weighted by Crippen LogP contribution is -2.58. The van der Waals surface area contributed by atoms with Crippen LogP contribution in [0.2, 0.25) is 0 Å². The van der Waals surface area contributed by atoms with E-state index in [0.29, 0.717) is 44.0 Å². The largest absolute Gasteiger partial charge is 0.497 e. The first-order chi connectivity index (χ1) is 20.6. The van der Waals surface area contributed by atoms with E-state index < -0.39 is 41.6 Å². The van der Waals surface area contributed by atoms with Gasteiger partial charge in [0, 0.05) is 13.1 Å². The predicted molar refractivity (Wildman–Crippen MR) is 157 cm³/mol. The molecule has 4 N–H and O–H groups in total. The Hall–Kier alpha value is -3.32. The van der Waals surface area contributed by atoms with Crippen LogP contribution in [0.25, 0.3) is 0 Å². The van der Waals surface area contributed by atoms with E-state index in [-0.39, 0.29) is 24.8 Å². The second-order valence-corrected chi connectivity index (χ2v) is 11.6. The lowest BCUT2D eigenvalue weighted by atomic mass is 9.89. The summed E-state index contributed by atoms with van der Waals surface area (Å²) in [5, 5.41) is 19.4. The van der Waals surface area contributed by atoms with E-state index >= 15 is 0 Å². The Morgan fingerprint density at radius 1 is 1.05 bits per heavy atom. The Morgan fingerprint density at radius 2 is 1.74 bits per heavy atom. The molecule has 4 rings (SSSR count). The monoisotopic (exact) mass is 600 g/mol. The van der Waals surface area contributed by atoms with Crippen LogP contribution < -0.4 is 20.7 Å². The van der Waals surface area contributed by atoms with E-state index in [1.807, 2.05) is 4.90 Å². The molecule has 1 aromatic carbocycles. The smallest absolute Gasteiger partial charge is 0.246 e. The van der Waals surface area contributed by atoms with Crippen molar-refractivity contribution in [2.24, 2.45) is 0 Å². The van der Waals surface area contributed by atoms with Crippen molar-refractivity contribution in [3.8, 4) is 5.75 Å². The zero-order chi connectivity index (χ0) is 31.0. The molecule has 5 atom stereocenters. The molecule has 12 nitrogen and oxygen atoms in total. The van der Waals surface area contributed by atoms with Gasteiger partial charge in [-0.1, -0.05) is 23.8 Å². The Bertz CT molecular complexity index is 1180. The fourth-order valence-corrected chi connectivity index (χ4v) is 5.32. The van der Waals surface area contributed by atoms with E-state index in [9.17, 15) is 24.3 Å². The summed E-state index contributed by atoms with van der Waals surface area (Å²) in [5.74, 6) is -1.41. The molecule has 0 spiro atoms. The minimum Gasteiger partial charge on any atom is -0.497 e. The first kappa shape index (κ1) is 32.6. The molecule has 0 saturated carbocycles. The van der Waals surface area contributed by atoms with Gasteiger partial charge in [0.05, 0.1) is 39.5 Å². The third kappa shape index (κ3) is 9.09. The number of nitrogens with zero attached hydrogens (tertiary/aromatic N) is 1. The van der Waals surface area contributed by atoms with Crippen molar-refractivity contribution in [2.75, 3.05) is 46.6 Å². The number of nitrogens with one attached hydrogen (secondary N) is 3. The number of aliphatic hydroxyl groups excluding tert-OH is 1. The molecule has 0 radical (unpaired) electrons. The van der Waals surface area contributed by atoms with Crippen molar-refractivity contribution in [1.29, 1.82) is 0 Å². The lowest BCUT2D eigenvalue weighted by molar-refractivity contribution is -0.136. The van der Waals surface area contributed by atoms with E-state index in [0.717, 1.165) is 31.3 Å². The number of amides is 3. The summed E-state index contributed by atoms with van der Waals surface area (Å²) in [5.41, 5.74) is 0.474. The van der Waals surface area contributed by atoms with Gasteiger partial charge in [-0.2, -0.15) is 0 Å². The normalized spacial score (nSPS) is 23.1. The standard InChI is InChI=1S/C31H44N4O8/c1-20(32-25(36)18-35-13-15-42-16-14-35)29(39)34-26(27(37)22-9-11-23(41-3)12-10-22)30(40)33-24(28(38)31(2)19-43-31)17-21-7-5-4-6-8-21/h7,9-12,20,24,26-27,37H,4-6,8,13-19H2,1-3H3,(H,32,36)(H,33,40)(H,34,39)/t20?,24?,26?,27?,31-/m1/s1. The fourth-order valence-electron chi connectivity index (χ4n) is 5.32. The maximum Gasteiger partial charge on any atom is 0.246 e. The van der Waals surface area contributed by atoms with Crippen molar-refractivity contribution in [3.05, 3.63) is 41.5 Å². The third-order valence-electron chi connectivity index (χ3n) is 8.18. The molecule has 236 valence electrons. The molecule has 43 heavy (non-hydrogen) atoms. The number of morpholine rings is 1. The molecule has 0 aromatic heterocycles. The summed E-state index contributed by atoms with van der Waals surface area (Å²) in [6, 6.07) is 3.13. The van der Waals surface area contributed by atoms with Crippen molar-refractivity contribution in [1.82, 2.24) is 20.9 Å². The SMILES string of the molecule is COc1ccc(C(O)C(NC(=O)C(C)NC(=O)CN2CCOCC2)C(=O)NC(CC2=CCCCC2)C(=O)[C@@]2(C)CO2)cc1. The van der Waals surface area contributed by atoms with Gasteiger partial charge in [0.15, 0.2) is 5.78 Å². The minimum absolute atomic E-state index is 0.111. The first-order valence-corrected chi connectivity index (χ1v) is 15.0. The summed E-state index contributed by atoms with van der Waals surface area (Å²) in [7, 11) is 1.51. The number of carbonyl (C=O) groups is 4. The number of methoxy groups -OCH3 is 1. The summed E-state index contributed by atoms with van der Waals surface area (Å²) >= 11 is 0. The number of epoxide rings is 1. The van der Waals surface area contributed by atoms with E-state index in [4.69, 9.17) is 14.2 Å². The highest BCUT2D eigenvalue weighted by Gasteiger charge is 2.50. The fraction of sp³-hybridized carbons (Fsp3) is 0.613. The molecule has 1 aliphatic carbocycles. The molecule has 3 aliphatic rings. The molecule has 4 unspecified atom stereocenters. The van der Waals surface area contributed by atoms with Gasteiger partial charge >= 0.3 is 0 Å². The third-order valence-corrected chi connectivity index (χ3v) is 8.18. The molecule has 2 aliphatic heterocycles. The second-order valence-electron chi connectivity index (χ2n) is 11.6. The molecule has 2 heterocycles. The van der Waals surface area contributed by atoms with Gasteiger partial charge in [0.2, 0.25) is 17.7 Å². The van der Waals surface area contributed by atoms with E-state index in [1.165, 1.54) is 14.0 Å². The van der Waals surface area contributed by atoms with Crippen LogP contribution in [-0.2, 0) is 28.7 Å².